The molecule has 1 aliphatic carbocycles. The van der Waals surface area contributed by atoms with E-state index in [2.05, 4.69) is 26.2 Å². The summed E-state index contributed by atoms with van der Waals surface area (Å²) in [5.74, 6) is -3.70. The number of pyridine rings is 1. The Balaban J connectivity index is 2.02. The van der Waals surface area contributed by atoms with Crippen LogP contribution in [0.5, 0.6) is 0 Å². The molecule has 0 aliphatic heterocycles. The molecule has 1 N–H and O–H groups in total. The number of rotatable bonds is 2. The lowest BCUT2D eigenvalue weighted by Gasteiger charge is -2.28. The average Bonchev–Trinajstić information content (AvgIpc) is 2.31. The Morgan fingerprint density at radius 1 is 1.56 bits per heavy atom. The van der Waals surface area contributed by atoms with Crippen molar-refractivity contribution < 1.29 is 13.6 Å². The van der Waals surface area contributed by atoms with E-state index in [4.69, 9.17) is 0 Å². The Morgan fingerprint density at radius 3 is 3.00 bits per heavy atom. The molecule has 1 amide bonds. The van der Waals surface area contributed by atoms with Gasteiger partial charge in [0.05, 0.1) is 5.69 Å². The van der Waals surface area contributed by atoms with Crippen molar-refractivity contribution in [3.05, 3.63) is 22.9 Å². The first-order valence-electron chi connectivity index (χ1n) is 5.77. The Hall–Kier alpha value is -1.04. The molecule has 1 atom stereocenters. The molecule has 1 heterocycles. The molecule has 0 radical (unpaired) electrons. The van der Waals surface area contributed by atoms with Crippen molar-refractivity contribution in [3.8, 4) is 0 Å². The highest BCUT2D eigenvalue weighted by Crippen LogP contribution is 2.37. The highest BCUT2D eigenvalue weighted by molar-refractivity contribution is 9.10. The Morgan fingerprint density at radius 2 is 2.33 bits per heavy atom. The molecule has 1 aromatic rings. The van der Waals surface area contributed by atoms with Crippen LogP contribution in [-0.4, -0.2) is 16.8 Å². The first-order chi connectivity index (χ1) is 8.48. The molecule has 0 spiro atoms. The summed E-state index contributed by atoms with van der Waals surface area (Å²) < 4.78 is 27.0. The quantitative estimate of drug-likeness (QED) is 0.846. The number of carbonyl (C=O) groups is 1. The molecule has 2 rings (SSSR count). The predicted octanol–water partition coefficient (Wildman–Crippen LogP) is 3.61. The zero-order valence-electron chi connectivity index (χ0n) is 9.63. The van der Waals surface area contributed by atoms with Gasteiger partial charge in [-0.1, -0.05) is 0 Å². The maximum absolute atomic E-state index is 13.2. The van der Waals surface area contributed by atoms with Crippen LogP contribution in [0, 0.1) is 5.92 Å². The smallest absolute Gasteiger partial charge is 0.248 e. The molecule has 1 aliphatic rings. The molecule has 1 unspecified atom stereocenters. The fourth-order valence-corrected chi connectivity index (χ4v) is 2.46. The summed E-state index contributed by atoms with van der Waals surface area (Å²) in [5.41, 5.74) is 0.511. The molecule has 3 nitrogen and oxygen atoms in total. The van der Waals surface area contributed by atoms with E-state index >= 15 is 0 Å². The van der Waals surface area contributed by atoms with Crippen molar-refractivity contribution in [3.63, 3.8) is 0 Å². The maximum atomic E-state index is 13.2. The van der Waals surface area contributed by atoms with Crippen molar-refractivity contribution in [2.75, 3.05) is 5.32 Å². The minimum absolute atomic E-state index is 0.118. The summed E-state index contributed by atoms with van der Waals surface area (Å²) in [6.45, 7) is 0. The molecular weight excluding hydrogens is 306 g/mol. The topological polar surface area (TPSA) is 42.0 Å². The van der Waals surface area contributed by atoms with Gasteiger partial charge in [-0.2, -0.15) is 0 Å². The molecule has 1 saturated carbocycles. The van der Waals surface area contributed by atoms with Crippen molar-refractivity contribution in [1.29, 1.82) is 0 Å². The highest BCUT2D eigenvalue weighted by Gasteiger charge is 2.39. The second-order valence-corrected chi connectivity index (χ2v) is 5.23. The number of carbonyl (C=O) groups excluding carboxylic acids is 1. The molecule has 0 aromatic carbocycles. The van der Waals surface area contributed by atoms with E-state index in [1.165, 1.54) is 0 Å². The number of anilines is 1. The molecule has 1 fully saturated rings. The van der Waals surface area contributed by atoms with Crippen molar-refractivity contribution in [1.82, 2.24) is 4.98 Å². The normalized spacial score (nSPS) is 22.5. The van der Waals surface area contributed by atoms with Gasteiger partial charge >= 0.3 is 0 Å². The number of nitrogens with zero attached hydrogens (tertiary/aromatic N) is 1. The number of amides is 1. The first-order valence-corrected chi connectivity index (χ1v) is 6.56. The van der Waals surface area contributed by atoms with Gasteiger partial charge in [0.15, 0.2) is 0 Å². The summed E-state index contributed by atoms with van der Waals surface area (Å²) in [7, 11) is 0. The van der Waals surface area contributed by atoms with Gasteiger partial charge in [0.1, 0.15) is 4.60 Å². The van der Waals surface area contributed by atoms with Crippen LogP contribution in [0.1, 0.15) is 25.7 Å². The molecule has 98 valence electrons. The molecule has 6 heteroatoms. The van der Waals surface area contributed by atoms with E-state index in [-0.39, 0.29) is 18.7 Å². The van der Waals surface area contributed by atoms with Gasteiger partial charge < -0.3 is 5.32 Å². The van der Waals surface area contributed by atoms with Crippen LogP contribution in [0.25, 0.3) is 0 Å². The number of hydrogen-bond acceptors (Lipinski definition) is 2. The second kappa shape index (κ2) is 5.30. The van der Waals surface area contributed by atoms with Crippen molar-refractivity contribution in [2.24, 2.45) is 5.92 Å². The second-order valence-electron chi connectivity index (χ2n) is 4.48. The van der Waals surface area contributed by atoms with E-state index in [1.807, 2.05) is 0 Å². The Labute approximate surface area is 112 Å². The zero-order valence-corrected chi connectivity index (χ0v) is 11.2. The third-order valence-corrected chi connectivity index (χ3v) is 3.66. The van der Waals surface area contributed by atoms with Crippen LogP contribution in [0.3, 0.4) is 0 Å². The summed E-state index contributed by atoms with van der Waals surface area (Å²) >= 11 is 3.20. The van der Waals surface area contributed by atoms with Gasteiger partial charge in [0, 0.05) is 25.0 Å². The maximum Gasteiger partial charge on any atom is 0.248 e. The van der Waals surface area contributed by atoms with E-state index in [0.717, 1.165) is 0 Å². The number of aromatic nitrogens is 1. The summed E-state index contributed by atoms with van der Waals surface area (Å²) in [6.07, 6.45) is 2.00. The average molecular weight is 319 g/mol. The largest absolute Gasteiger partial charge is 0.324 e. The van der Waals surface area contributed by atoms with Gasteiger partial charge in [0.25, 0.3) is 0 Å². The first kappa shape index (κ1) is 13.4. The molecule has 0 saturated heterocycles. The number of halogens is 3. The molecule has 1 aromatic heterocycles. The monoisotopic (exact) mass is 318 g/mol. The summed E-state index contributed by atoms with van der Waals surface area (Å²) in [6, 6.07) is 3.35. The van der Waals surface area contributed by atoms with E-state index in [9.17, 15) is 13.6 Å². The minimum atomic E-state index is -2.72. The summed E-state index contributed by atoms with van der Waals surface area (Å²) in [4.78, 5) is 15.9. The van der Waals surface area contributed by atoms with Gasteiger partial charge in [-0.05, 0) is 40.9 Å². The van der Waals surface area contributed by atoms with Crippen LogP contribution in [-0.2, 0) is 4.79 Å². The third-order valence-electron chi connectivity index (χ3n) is 3.03. The van der Waals surface area contributed by atoms with E-state index in [1.54, 1.807) is 18.3 Å². The number of hydrogen-bond donors (Lipinski definition) is 1. The lowest BCUT2D eigenvalue weighted by atomic mass is 9.86. The van der Waals surface area contributed by atoms with Gasteiger partial charge in [-0.15, -0.1) is 0 Å². The van der Waals surface area contributed by atoms with Crippen molar-refractivity contribution in [2.45, 2.75) is 31.6 Å². The van der Waals surface area contributed by atoms with Crippen LogP contribution >= 0.6 is 15.9 Å². The summed E-state index contributed by atoms with van der Waals surface area (Å²) in [5, 5.41) is 2.64. The lowest BCUT2D eigenvalue weighted by molar-refractivity contribution is -0.127. The standard InChI is InChI=1S/C12H13BrF2N2O/c13-10-9(4-2-6-16-10)17-11(18)8-3-1-5-12(14,15)7-8/h2,4,6,8H,1,3,5,7H2,(H,17,18). The fraction of sp³-hybridized carbons (Fsp3) is 0.500. The highest BCUT2D eigenvalue weighted by atomic mass is 79.9. The molecule has 18 heavy (non-hydrogen) atoms. The Bertz CT molecular complexity index is 453. The minimum Gasteiger partial charge on any atom is -0.324 e. The Kier molecular flexibility index (Phi) is 3.94. The third kappa shape index (κ3) is 3.25. The number of alkyl halides is 2. The predicted molar refractivity (Wildman–Crippen MR) is 67.5 cm³/mol. The lowest BCUT2D eigenvalue weighted by Crippen LogP contribution is -2.33. The number of nitrogens with one attached hydrogen (secondary N) is 1. The van der Waals surface area contributed by atoms with Crippen molar-refractivity contribution >= 4 is 27.5 Å². The fourth-order valence-electron chi connectivity index (χ4n) is 2.11. The van der Waals surface area contributed by atoms with Crippen LogP contribution in [0.15, 0.2) is 22.9 Å². The van der Waals surface area contributed by atoms with Crippen LogP contribution in [0.4, 0.5) is 14.5 Å². The van der Waals surface area contributed by atoms with Gasteiger partial charge in [-0.3, -0.25) is 4.79 Å². The van der Waals surface area contributed by atoms with Gasteiger partial charge in [-0.25, -0.2) is 13.8 Å². The van der Waals surface area contributed by atoms with E-state index in [0.29, 0.717) is 23.1 Å². The van der Waals surface area contributed by atoms with Gasteiger partial charge in [0.2, 0.25) is 11.8 Å². The molecule has 0 bridgehead atoms. The zero-order chi connectivity index (χ0) is 13.2. The van der Waals surface area contributed by atoms with E-state index < -0.39 is 11.8 Å². The molecular formula is C12H13BrF2N2O. The van der Waals surface area contributed by atoms with Crippen LogP contribution in [0.2, 0.25) is 0 Å². The van der Waals surface area contributed by atoms with Crippen LogP contribution < -0.4 is 5.32 Å². The SMILES string of the molecule is O=C(Nc1cccnc1Br)C1CCCC(F)(F)C1.